The highest BCUT2D eigenvalue weighted by Crippen LogP contribution is 2.46. The SMILES string of the molecule is COC(=O)Cc1ccc(COc2ccc(C(C)C(c3ccnc(Cl)c3)C(F)(F)F)c(Cl)c2)cc1. The number of methoxy groups -OCH3 is 1. The van der Waals surface area contributed by atoms with Crippen LogP contribution in [0.2, 0.25) is 10.2 Å². The van der Waals surface area contributed by atoms with Gasteiger partial charge in [0.05, 0.1) is 19.4 Å². The van der Waals surface area contributed by atoms with Crippen LogP contribution in [0.3, 0.4) is 0 Å². The third kappa shape index (κ3) is 6.64. The first-order valence-corrected chi connectivity index (χ1v) is 11.1. The fourth-order valence-corrected chi connectivity index (χ4v) is 4.20. The molecule has 0 amide bonds. The monoisotopic (exact) mass is 511 g/mol. The maximum atomic E-state index is 14.0. The summed E-state index contributed by atoms with van der Waals surface area (Å²) < 4.78 is 52.3. The number of pyridine rings is 1. The van der Waals surface area contributed by atoms with Crippen molar-refractivity contribution in [2.24, 2.45) is 0 Å². The van der Waals surface area contributed by atoms with E-state index in [0.29, 0.717) is 11.3 Å². The molecule has 0 spiro atoms. The van der Waals surface area contributed by atoms with Crippen LogP contribution >= 0.6 is 23.2 Å². The molecule has 0 aliphatic rings. The van der Waals surface area contributed by atoms with Crippen LogP contribution in [0.1, 0.15) is 41.0 Å². The molecule has 0 fully saturated rings. The molecule has 1 aromatic heterocycles. The number of halogens is 5. The van der Waals surface area contributed by atoms with E-state index in [1.807, 2.05) is 12.1 Å². The Kier molecular flexibility index (Phi) is 8.44. The van der Waals surface area contributed by atoms with Gasteiger partial charge in [-0.3, -0.25) is 4.79 Å². The van der Waals surface area contributed by atoms with Crippen LogP contribution in [-0.2, 0) is 22.6 Å². The molecular formula is C25H22Cl2F3NO3. The van der Waals surface area contributed by atoms with Crippen LogP contribution in [-0.4, -0.2) is 24.2 Å². The summed E-state index contributed by atoms with van der Waals surface area (Å²) in [5.74, 6) is -2.68. The zero-order valence-electron chi connectivity index (χ0n) is 18.4. The zero-order chi connectivity index (χ0) is 24.9. The van der Waals surface area contributed by atoms with Crippen molar-refractivity contribution in [3.8, 4) is 5.75 Å². The summed E-state index contributed by atoms with van der Waals surface area (Å²) in [5, 5.41) is 0.167. The van der Waals surface area contributed by atoms with E-state index in [1.165, 1.54) is 38.4 Å². The number of ether oxygens (including phenoxy) is 2. The Labute approximate surface area is 205 Å². The van der Waals surface area contributed by atoms with Gasteiger partial charge in [0.15, 0.2) is 0 Å². The highest BCUT2D eigenvalue weighted by atomic mass is 35.5. The molecule has 3 rings (SSSR count). The number of hydrogen-bond acceptors (Lipinski definition) is 4. The van der Waals surface area contributed by atoms with Gasteiger partial charge in [-0.1, -0.05) is 60.5 Å². The molecule has 0 radical (unpaired) electrons. The number of esters is 1. The van der Waals surface area contributed by atoms with Crippen molar-refractivity contribution in [1.82, 2.24) is 4.98 Å². The van der Waals surface area contributed by atoms with E-state index in [9.17, 15) is 18.0 Å². The first-order chi connectivity index (χ1) is 16.1. The van der Waals surface area contributed by atoms with E-state index in [-0.39, 0.29) is 34.7 Å². The zero-order valence-corrected chi connectivity index (χ0v) is 19.9. The Hall–Kier alpha value is -2.77. The number of alkyl halides is 3. The van der Waals surface area contributed by atoms with Crippen LogP contribution in [0, 0.1) is 0 Å². The van der Waals surface area contributed by atoms with Crippen LogP contribution < -0.4 is 4.74 Å². The van der Waals surface area contributed by atoms with E-state index < -0.39 is 18.0 Å². The fraction of sp³-hybridized carbons (Fsp3) is 0.280. The summed E-state index contributed by atoms with van der Waals surface area (Å²) in [7, 11) is 1.33. The second-order valence-corrected chi connectivity index (χ2v) is 8.56. The van der Waals surface area contributed by atoms with Gasteiger partial charge in [-0.25, -0.2) is 4.98 Å². The number of carbonyl (C=O) groups is 1. The van der Waals surface area contributed by atoms with Crippen LogP contribution in [0.15, 0.2) is 60.8 Å². The van der Waals surface area contributed by atoms with E-state index in [4.69, 9.17) is 27.9 Å². The molecule has 3 aromatic rings. The smallest absolute Gasteiger partial charge is 0.396 e. The maximum Gasteiger partial charge on any atom is 0.396 e. The molecule has 0 N–H and O–H groups in total. The van der Waals surface area contributed by atoms with Crippen molar-refractivity contribution >= 4 is 29.2 Å². The third-order valence-electron chi connectivity index (χ3n) is 5.43. The quantitative estimate of drug-likeness (QED) is 0.238. The Morgan fingerprint density at radius 2 is 1.71 bits per heavy atom. The maximum absolute atomic E-state index is 14.0. The summed E-state index contributed by atoms with van der Waals surface area (Å²) in [6.45, 7) is 1.70. The normalized spacial score (nSPS) is 13.3. The minimum atomic E-state index is -4.51. The first-order valence-electron chi connectivity index (χ1n) is 10.3. The van der Waals surface area contributed by atoms with Gasteiger partial charge in [-0.15, -0.1) is 0 Å². The lowest BCUT2D eigenvalue weighted by atomic mass is 9.82. The Bertz CT molecular complexity index is 1140. The molecule has 0 saturated heterocycles. The molecule has 34 heavy (non-hydrogen) atoms. The molecule has 2 unspecified atom stereocenters. The molecule has 0 aliphatic carbocycles. The molecule has 2 aromatic carbocycles. The first kappa shape index (κ1) is 25.8. The number of aromatic nitrogens is 1. The van der Waals surface area contributed by atoms with E-state index >= 15 is 0 Å². The van der Waals surface area contributed by atoms with Crippen LogP contribution in [0.5, 0.6) is 5.75 Å². The number of hydrogen-bond donors (Lipinski definition) is 0. The molecule has 4 nitrogen and oxygen atoms in total. The van der Waals surface area contributed by atoms with Gasteiger partial charge in [-0.2, -0.15) is 13.2 Å². The second kappa shape index (κ2) is 11.1. The molecule has 0 bridgehead atoms. The highest BCUT2D eigenvalue weighted by molar-refractivity contribution is 6.31. The van der Waals surface area contributed by atoms with Gasteiger partial charge in [0, 0.05) is 11.2 Å². The molecule has 1 heterocycles. The van der Waals surface area contributed by atoms with Gasteiger partial charge in [0.25, 0.3) is 0 Å². The summed E-state index contributed by atoms with van der Waals surface area (Å²) in [6, 6.07) is 14.4. The summed E-state index contributed by atoms with van der Waals surface area (Å²) >= 11 is 12.2. The van der Waals surface area contributed by atoms with Crippen molar-refractivity contribution in [2.75, 3.05) is 7.11 Å². The fourth-order valence-electron chi connectivity index (χ4n) is 3.68. The average Bonchev–Trinajstić information content (AvgIpc) is 2.77. The van der Waals surface area contributed by atoms with Crippen molar-refractivity contribution in [3.05, 3.63) is 93.2 Å². The molecule has 9 heteroatoms. The number of rotatable bonds is 8. The van der Waals surface area contributed by atoms with Gasteiger partial charge in [-0.05, 0) is 52.4 Å². The predicted molar refractivity (Wildman–Crippen MR) is 124 cm³/mol. The Balaban J connectivity index is 1.73. The Morgan fingerprint density at radius 3 is 2.29 bits per heavy atom. The molecular weight excluding hydrogens is 490 g/mol. The van der Waals surface area contributed by atoms with Crippen LogP contribution in [0.4, 0.5) is 13.2 Å². The average molecular weight is 512 g/mol. The van der Waals surface area contributed by atoms with Gasteiger partial charge >= 0.3 is 12.1 Å². The highest BCUT2D eigenvalue weighted by Gasteiger charge is 2.45. The van der Waals surface area contributed by atoms with Gasteiger partial charge < -0.3 is 9.47 Å². The molecule has 180 valence electrons. The van der Waals surface area contributed by atoms with Gasteiger partial charge in [0.2, 0.25) is 0 Å². The summed E-state index contributed by atoms with van der Waals surface area (Å²) in [5.41, 5.74) is 2.03. The van der Waals surface area contributed by atoms with Crippen molar-refractivity contribution < 1.29 is 27.4 Å². The van der Waals surface area contributed by atoms with E-state index in [1.54, 1.807) is 24.3 Å². The minimum absolute atomic E-state index is 0.00729. The van der Waals surface area contributed by atoms with Crippen LogP contribution in [0.25, 0.3) is 0 Å². The van der Waals surface area contributed by atoms with E-state index in [0.717, 1.165) is 11.1 Å². The molecule has 0 saturated carbocycles. The van der Waals surface area contributed by atoms with Crippen molar-refractivity contribution in [1.29, 1.82) is 0 Å². The largest absolute Gasteiger partial charge is 0.489 e. The topological polar surface area (TPSA) is 48.4 Å². The number of benzene rings is 2. The molecule has 0 aliphatic heterocycles. The molecule has 2 atom stereocenters. The lowest BCUT2D eigenvalue weighted by molar-refractivity contribution is -0.154. The standard InChI is InChI=1S/C25H22Cl2F3NO3/c1-15(24(25(28,29)30)18-9-10-31-22(27)12-18)20-8-7-19(13-21(20)26)34-14-17-5-3-16(4-6-17)11-23(32)33-2/h3-10,12-13,15,24H,11,14H2,1-2H3. The Morgan fingerprint density at radius 1 is 1.03 bits per heavy atom. The lowest BCUT2D eigenvalue weighted by Gasteiger charge is -2.28. The summed E-state index contributed by atoms with van der Waals surface area (Å²) in [6.07, 6.45) is -3.08. The van der Waals surface area contributed by atoms with E-state index in [2.05, 4.69) is 9.72 Å². The number of carbonyl (C=O) groups excluding carboxylic acids is 1. The van der Waals surface area contributed by atoms with Gasteiger partial charge in [0.1, 0.15) is 17.5 Å². The predicted octanol–water partition coefficient (Wildman–Crippen LogP) is 7.13. The number of nitrogens with zero attached hydrogens (tertiary/aromatic N) is 1. The third-order valence-corrected chi connectivity index (χ3v) is 5.96. The van der Waals surface area contributed by atoms with Crippen molar-refractivity contribution in [2.45, 2.75) is 38.0 Å². The van der Waals surface area contributed by atoms with Crippen molar-refractivity contribution in [3.63, 3.8) is 0 Å². The second-order valence-electron chi connectivity index (χ2n) is 7.76. The summed E-state index contributed by atoms with van der Waals surface area (Å²) in [4.78, 5) is 15.1. The lowest BCUT2D eigenvalue weighted by Crippen LogP contribution is -2.26. The minimum Gasteiger partial charge on any atom is -0.489 e.